The number of nitrogens with zero attached hydrogens (tertiary/aromatic N) is 4. The van der Waals surface area contributed by atoms with Crippen molar-refractivity contribution in [1.29, 1.82) is 0 Å². The van der Waals surface area contributed by atoms with Gasteiger partial charge in [0, 0.05) is 77.9 Å². The smallest absolute Gasteiger partial charge is 0.135 e. The summed E-state index contributed by atoms with van der Waals surface area (Å²) in [7, 11) is 0. The van der Waals surface area contributed by atoms with E-state index >= 15 is 0 Å². The predicted octanol–water partition coefficient (Wildman–Crippen LogP) is 20.6. The molecule has 10 aromatic carbocycles. The molecule has 0 fully saturated rings. The number of aromatic nitrogens is 2. The van der Waals surface area contributed by atoms with Gasteiger partial charge in [-0.1, -0.05) is 244 Å². The SMILES string of the molecule is CC(C)(C)c1ccc(C2(c3cc(Oc4[c-]c5c(cc4)c4ccccc4n5-c4cc(C(C)(C)C)ccn4)[c-]c(N4[CH-]N(c5c(-c6ccccc6)cccc5-c5ccccc5)c5ccccc54)c3)c3ccccc3-c3ccc(C(C)(C)C)cc32)cc1.[Pt]. The van der Waals surface area contributed by atoms with Crippen molar-refractivity contribution in [2.45, 2.75) is 84.0 Å². The monoisotopic (exact) mass is 1280 g/mol. The summed E-state index contributed by atoms with van der Waals surface area (Å²) in [5.41, 5.74) is 20.3. The largest absolute Gasteiger partial charge is 0.509 e. The Balaban J connectivity index is 0.00000672. The molecule has 2 aromatic heterocycles. The van der Waals surface area contributed by atoms with Crippen molar-refractivity contribution in [2.75, 3.05) is 9.80 Å². The van der Waals surface area contributed by atoms with Crippen LogP contribution in [0.4, 0.5) is 22.7 Å². The van der Waals surface area contributed by atoms with Crippen molar-refractivity contribution < 1.29 is 25.8 Å². The molecule has 422 valence electrons. The first kappa shape index (κ1) is 55.4. The zero-order valence-electron chi connectivity index (χ0n) is 49.6. The second-order valence-electron chi connectivity index (χ2n) is 25.7. The summed E-state index contributed by atoms with van der Waals surface area (Å²) < 4.78 is 9.64. The molecule has 12 aromatic rings. The zero-order valence-corrected chi connectivity index (χ0v) is 51.9. The number of hydrogen-bond donors (Lipinski definition) is 0. The van der Waals surface area contributed by atoms with Crippen LogP contribution in [0, 0.1) is 18.8 Å². The van der Waals surface area contributed by atoms with Gasteiger partial charge in [0.25, 0.3) is 0 Å². The topological polar surface area (TPSA) is 33.5 Å². The summed E-state index contributed by atoms with van der Waals surface area (Å²) >= 11 is 0. The van der Waals surface area contributed by atoms with Crippen LogP contribution in [0.25, 0.3) is 61.0 Å². The minimum Gasteiger partial charge on any atom is -0.509 e. The maximum absolute atomic E-state index is 7.40. The normalized spacial score (nSPS) is 14.7. The van der Waals surface area contributed by atoms with Crippen LogP contribution in [0.15, 0.2) is 237 Å². The Morgan fingerprint density at radius 1 is 0.435 bits per heavy atom. The van der Waals surface area contributed by atoms with Crippen LogP contribution in [-0.2, 0) is 42.7 Å². The molecule has 1 aliphatic heterocycles. The Morgan fingerprint density at radius 3 is 1.69 bits per heavy atom. The second kappa shape index (κ2) is 21.1. The fourth-order valence-corrected chi connectivity index (χ4v) is 13.0. The number of rotatable bonds is 9. The minimum absolute atomic E-state index is 0. The molecule has 14 rings (SSSR count). The van der Waals surface area contributed by atoms with Gasteiger partial charge in [0.1, 0.15) is 5.82 Å². The van der Waals surface area contributed by atoms with E-state index < -0.39 is 5.41 Å². The summed E-state index contributed by atoms with van der Waals surface area (Å²) in [4.78, 5) is 9.69. The molecule has 1 atom stereocenters. The van der Waals surface area contributed by atoms with Crippen LogP contribution < -0.4 is 14.5 Å². The average molecular weight is 1280 g/mol. The van der Waals surface area contributed by atoms with Crippen molar-refractivity contribution >= 4 is 44.6 Å². The number of ether oxygens (including phenoxy) is 1. The summed E-state index contributed by atoms with van der Waals surface area (Å²) in [6.45, 7) is 22.8. The van der Waals surface area contributed by atoms with E-state index in [0.717, 1.165) is 78.2 Å². The molecule has 6 heteroatoms. The number of hydrogen-bond acceptors (Lipinski definition) is 4. The molecule has 0 N–H and O–H groups in total. The number of pyridine rings is 1. The van der Waals surface area contributed by atoms with E-state index in [4.69, 9.17) is 9.72 Å². The van der Waals surface area contributed by atoms with E-state index in [1.807, 2.05) is 6.20 Å². The molecule has 0 spiro atoms. The van der Waals surface area contributed by atoms with Crippen LogP contribution in [0.3, 0.4) is 0 Å². The first-order valence-electron chi connectivity index (χ1n) is 29.3. The minimum atomic E-state index is -0.797. The molecule has 5 nitrogen and oxygen atoms in total. The van der Waals surface area contributed by atoms with E-state index in [1.54, 1.807) is 0 Å². The first-order chi connectivity index (χ1) is 40.5. The molecule has 3 heterocycles. The van der Waals surface area contributed by atoms with Crippen molar-refractivity contribution in [3.05, 3.63) is 294 Å². The predicted molar refractivity (Wildman–Crippen MR) is 349 cm³/mol. The van der Waals surface area contributed by atoms with E-state index in [0.29, 0.717) is 11.5 Å². The van der Waals surface area contributed by atoms with Gasteiger partial charge in [0.15, 0.2) is 0 Å². The molecular formula is C79H67N4OPt-3. The van der Waals surface area contributed by atoms with Crippen LogP contribution in [0.5, 0.6) is 11.5 Å². The number of benzene rings is 10. The molecule has 0 amide bonds. The molecule has 85 heavy (non-hydrogen) atoms. The van der Waals surface area contributed by atoms with Gasteiger partial charge in [-0.05, 0) is 108 Å². The third-order valence-corrected chi connectivity index (χ3v) is 17.3. The average Bonchev–Trinajstić information content (AvgIpc) is 1.70. The van der Waals surface area contributed by atoms with Crippen molar-refractivity contribution in [3.8, 4) is 50.7 Å². The number of fused-ring (bicyclic) bond motifs is 7. The van der Waals surface area contributed by atoms with E-state index in [1.165, 1.54) is 44.5 Å². The Morgan fingerprint density at radius 2 is 1.01 bits per heavy atom. The molecule has 0 bridgehead atoms. The molecule has 0 radical (unpaired) electrons. The van der Waals surface area contributed by atoms with Gasteiger partial charge in [0.2, 0.25) is 0 Å². The molecule has 1 unspecified atom stereocenters. The number of anilines is 4. The quantitative estimate of drug-likeness (QED) is 0.135. The third kappa shape index (κ3) is 9.49. The zero-order chi connectivity index (χ0) is 57.7. The van der Waals surface area contributed by atoms with Crippen LogP contribution >= 0.6 is 0 Å². The van der Waals surface area contributed by atoms with Crippen molar-refractivity contribution in [2.24, 2.45) is 0 Å². The number of para-hydroxylation sites is 4. The second-order valence-corrected chi connectivity index (χ2v) is 25.7. The molecule has 0 saturated heterocycles. The maximum atomic E-state index is 7.40. The van der Waals surface area contributed by atoms with Crippen LogP contribution in [0.1, 0.15) is 101 Å². The summed E-state index contributed by atoms with van der Waals surface area (Å²) in [6, 6.07) is 92.0. The van der Waals surface area contributed by atoms with Crippen molar-refractivity contribution in [3.63, 3.8) is 0 Å². The molecule has 0 saturated carbocycles. The third-order valence-electron chi connectivity index (χ3n) is 17.3. The van der Waals surface area contributed by atoms with Gasteiger partial charge in [-0.2, -0.15) is 6.07 Å². The van der Waals surface area contributed by atoms with Gasteiger partial charge in [-0.3, -0.25) is 0 Å². The van der Waals surface area contributed by atoms with Gasteiger partial charge in [-0.25, -0.2) is 4.98 Å². The standard InChI is InChI=1S/C79H67N4O.Pt/c1-76(2,3)54-35-37-55(38-36-54)79(68-31-18-16-27-64(68)65-41-39-56(47-69(65)79)77(4,5)6)58-45-59(49-61(46-58)84-60-40-42-67-66-28-17-19-32-70(66)83(73(67)50-60)74-48-57(43-44-80-74)78(7,8)9)81-51-82(72-34-21-20-33-71(72)81)75-62(52-23-12-10-13-24-52)29-22-30-63(75)53-25-14-11-15-26-53;/h10-48,51H,1-9H3;/q-3;. The summed E-state index contributed by atoms with van der Waals surface area (Å²) in [5.74, 6) is 1.97. The van der Waals surface area contributed by atoms with Crippen LogP contribution in [0.2, 0.25) is 0 Å². The molecule has 2 aliphatic rings. The first-order valence-corrected chi connectivity index (χ1v) is 29.3. The van der Waals surface area contributed by atoms with Gasteiger partial charge >= 0.3 is 0 Å². The Labute approximate surface area is 515 Å². The van der Waals surface area contributed by atoms with Crippen molar-refractivity contribution in [1.82, 2.24) is 9.55 Å². The molecular weight excluding hydrogens is 1220 g/mol. The van der Waals surface area contributed by atoms with Gasteiger partial charge in [0.05, 0.1) is 0 Å². The Hall–Kier alpha value is -8.76. The summed E-state index contributed by atoms with van der Waals surface area (Å²) in [6.07, 6.45) is 1.92. The Bertz CT molecular complexity index is 4450. The van der Waals surface area contributed by atoms with Gasteiger partial charge in [-0.15, -0.1) is 53.6 Å². The van der Waals surface area contributed by atoms with E-state index in [2.05, 4.69) is 326 Å². The van der Waals surface area contributed by atoms with E-state index in [-0.39, 0.29) is 37.3 Å². The fourth-order valence-electron chi connectivity index (χ4n) is 13.0. The summed E-state index contributed by atoms with van der Waals surface area (Å²) in [5, 5.41) is 2.19. The van der Waals surface area contributed by atoms with E-state index in [9.17, 15) is 0 Å². The maximum Gasteiger partial charge on any atom is 0.135 e. The van der Waals surface area contributed by atoms with Gasteiger partial charge < -0.3 is 19.1 Å². The fraction of sp³-hybridized carbons (Fsp3) is 0.165. The Kier molecular flexibility index (Phi) is 13.7. The van der Waals surface area contributed by atoms with Crippen LogP contribution in [-0.4, -0.2) is 9.55 Å². The molecule has 1 aliphatic carbocycles.